The van der Waals surface area contributed by atoms with Gasteiger partial charge in [0.05, 0.1) is 7.11 Å². The number of benzene rings is 1. The first-order valence-corrected chi connectivity index (χ1v) is 8.99. The fourth-order valence-corrected chi connectivity index (χ4v) is 4.77. The van der Waals surface area contributed by atoms with Crippen LogP contribution in [0.1, 0.15) is 49.7 Å². The van der Waals surface area contributed by atoms with Crippen molar-refractivity contribution in [3.63, 3.8) is 0 Å². The van der Waals surface area contributed by atoms with E-state index in [1.165, 1.54) is 16.7 Å². The quantitative estimate of drug-likeness (QED) is 0.741. The minimum Gasteiger partial charge on any atom is -0.497 e. The molecular formula is C22H24O3. The van der Waals surface area contributed by atoms with Crippen molar-refractivity contribution in [1.82, 2.24) is 0 Å². The topological polar surface area (TPSA) is 35.5 Å². The molecule has 0 amide bonds. The van der Waals surface area contributed by atoms with Crippen molar-refractivity contribution in [3.8, 4) is 5.75 Å². The minimum atomic E-state index is -0.0837. The van der Waals surface area contributed by atoms with Crippen LogP contribution in [-0.2, 0) is 9.53 Å². The van der Waals surface area contributed by atoms with Crippen LogP contribution in [0.4, 0.5) is 0 Å². The summed E-state index contributed by atoms with van der Waals surface area (Å²) in [7, 11) is 1.69. The van der Waals surface area contributed by atoms with Crippen molar-refractivity contribution in [2.75, 3.05) is 13.7 Å². The van der Waals surface area contributed by atoms with Crippen LogP contribution in [-0.4, -0.2) is 19.5 Å². The predicted molar refractivity (Wildman–Crippen MR) is 98.5 cm³/mol. The number of fused-ring (bicyclic) bond motifs is 5. The SMILES string of the molecule is C=CCOC1=C2[C@H](CCC3=CC(=O)CC[C@@]32C)c2ccc(OC)cc21. The molecule has 0 spiro atoms. The Hall–Kier alpha value is -2.29. The van der Waals surface area contributed by atoms with E-state index < -0.39 is 0 Å². The first-order chi connectivity index (χ1) is 12.1. The molecule has 0 aliphatic heterocycles. The highest BCUT2D eigenvalue weighted by Crippen LogP contribution is 2.61. The van der Waals surface area contributed by atoms with Gasteiger partial charge in [0.2, 0.25) is 0 Å². The van der Waals surface area contributed by atoms with Gasteiger partial charge >= 0.3 is 0 Å². The Kier molecular flexibility index (Phi) is 3.82. The molecule has 3 nitrogen and oxygen atoms in total. The maximum atomic E-state index is 12.0. The first-order valence-electron chi connectivity index (χ1n) is 8.99. The molecule has 25 heavy (non-hydrogen) atoms. The van der Waals surface area contributed by atoms with E-state index in [0.717, 1.165) is 36.3 Å². The highest BCUT2D eigenvalue weighted by Gasteiger charge is 2.49. The summed E-state index contributed by atoms with van der Waals surface area (Å²) >= 11 is 0. The van der Waals surface area contributed by atoms with Crippen LogP contribution in [0.5, 0.6) is 5.75 Å². The number of carbonyl (C=O) groups excluding carboxylic acids is 1. The van der Waals surface area contributed by atoms with E-state index in [4.69, 9.17) is 9.47 Å². The van der Waals surface area contributed by atoms with Crippen LogP contribution in [0.25, 0.3) is 5.76 Å². The van der Waals surface area contributed by atoms with Crippen LogP contribution < -0.4 is 4.74 Å². The van der Waals surface area contributed by atoms with E-state index in [9.17, 15) is 4.79 Å². The third kappa shape index (κ3) is 2.37. The molecule has 0 radical (unpaired) electrons. The Morgan fingerprint density at radius 1 is 1.36 bits per heavy atom. The molecule has 0 N–H and O–H groups in total. The first kappa shape index (κ1) is 16.2. The third-order valence-electron chi connectivity index (χ3n) is 6.03. The highest BCUT2D eigenvalue weighted by molar-refractivity contribution is 5.92. The second-order valence-corrected chi connectivity index (χ2v) is 7.35. The zero-order valence-corrected chi connectivity index (χ0v) is 14.9. The van der Waals surface area contributed by atoms with Gasteiger partial charge in [0.15, 0.2) is 5.78 Å². The lowest BCUT2D eigenvalue weighted by atomic mass is 9.60. The van der Waals surface area contributed by atoms with Gasteiger partial charge in [0.25, 0.3) is 0 Å². The fraction of sp³-hybridized carbons (Fsp3) is 0.409. The van der Waals surface area contributed by atoms with Gasteiger partial charge in [-0.05, 0) is 48.6 Å². The summed E-state index contributed by atoms with van der Waals surface area (Å²) in [5, 5.41) is 0. The lowest BCUT2D eigenvalue weighted by Crippen LogP contribution is -2.33. The Morgan fingerprint density at radius 3 is 2.96 bits per heavy atom. The van der Waals surface area contributed by atoms with E-state index in [0.29, 0.717) is 18.9 Å². The third-order valence-corrected chi connectivity index (χ3v) is 6.03. The summed E-state index contributed by atoms with van der Waals surface area (Å²) in [5.74, 6) is 2.45. The smallest absolute Gasteiger partial charge is 0.155 e. The summed E-state index contributed by atoms with van der Waals surface area (Å²) < 4.78 is 11.6. The largest absolute Gasteiger partial charge is 0.497 e. The molecule has 3 aliphatic carbocycles. The van der Waals surface area contributed by atoms with Gasteiger partial charge in [-0.3, -0.25) is 4.79 Å². The highest BCUT2D eigenvalue weighted by atomic mass is 16.5. The van der Waals surface area contributed by atoms with Gasteiger partial charge in [-0.1, -0.05) is 31.2 Å². The number of hydrogen-bond acceptors (Lipinski definition) is 3. The Bertz CT molecular complexity index is 815. The van der Waals surface area contributed by atoms with Crippen LogP contribution in [0, 0.1) is 5.41 Å². The van der Waals surface area contributed by atoms with Gasteiger partial charge in [-0.2, -0.15) is 0 Å². The Balaban J connectivity index is 1.90. The van der Waals surface area contributed by atoms with E-state index in [1.807, 2.05) is 12.1 Å². The standard InChI is InChI=1S/C22H24O3/c1-4-11-25-21-19-13-16(24-3)6-8-17(19)18-7-5-14-12-15(23)9-10-22(14,2)20(18)21/h4,6,8,12-13,18H,1,5,7,9-11H2,2-3H3/t18-,22+/m1/s1. The average Bonchev–Trinajstić information content (AvgIpc) is 2.94. The van der Waals surface area contributed by atoms with E-state index in [2.05, 4.69) is 25.6 Å². The molecular weight excluding hydrogens is 312 g/mol. The number of ketones is 1. The molecule has 0 saturated heterocycles. The van der Waals surface area contributed by atoms with Crippen molar-refractivity contribution < 1.29 is 14.3 Å². The van der Waals surface area contributed by atoms with Crippen molar-refractivity contribution in [2.45, 2.75) is 38.5 Å². The molecule has 2 atom stereocenters. The maximum Gasteiger partial charge on any atom is 0.155 e. The van der Waals surface area contributed by atoms with Crippen LogP contribution >= 0.6 is 0 Å². The zero-order valence-electron chi connectivity index (χ0n) is 14.9. The Morgan fingerprint density at radius 2 is 2.20 bits per heavy atom. The minimum absolute atomic E-state index is 0.0837. The molecule has 0 heterocycles. The van der Waals surface area contributed by atoms with E-state index in [-0.39, 0.29) is 11.2 Å². The summed E-state index contributed by atoms with van der Waals surface area (Å²) in [6, 6.07) is 6.29. The second-order valence-electron chi connectivity index (χ2n) is 7.35. The van der Waals surface area contributed by atoms with E-state index >= 15 is 0 Å². The summed E-state index contributed by atoms with van der Waals surface area (Å²) in [4.78, 5) is 12.0. The molecule has 0 unspecified atom stereocenters. The molecule has 4 rings (SSSR count). The van der Waals surface area contributed by atoms with Crippen molar-refractivity contribution in [3.05, 3.63) is 59.2 Å². The normalized spacial score (nSPS) is 27.2. The monoisotopic (exact) mass is 336 g/mol. The van der Waals surface area contributed by atoms with E-state index in [1.54, 1.807) is 13.2 Å². The molecule has 0 bridgehead atoms. The number of ether oxygens (including phenoxy) is 2. The van der Waals surface area contributed by atoms with Gasteiger partial charge < -0.3 is 9.47 Å². The lowest BCUT2D eigenvalue weighted by molar-refractivity contribution is -0.115. The second kappa shape index (κ2) is 5.91. The number of methoxy groups -OCH3 is 1. The number of rotatable bonds is 4. The molecule has 130 valence electrons. The molecule has 0 aromatic heterocycles. The van der Waals surface area contributed by atoms with Gasteiger partial charge in [-0.15, -0.1) is 0 Å². The molecule has 3 heteroatoms. The molecule has 1 aromatic carbocycles. The lowest BCUT2D eigenvalue weighted by Gasteiger charge is -2.44. The molecule has 3 aliphatic rings. The van der Waals surface area contributed by atoms with Crippen molar-refractivity contribution in [2.24, 2.45) is 5.41 Å². The van der Waals surface area contributed by atoms with Crippen LogP contribution in [0.2, 0.25) is 0 Å². The number of carbonyl (C=O) groups is 1. The van der Waals surface area contributed by atoms with Gasteiger partial charge in [0, 0.05) is 23.3 Å². The fourth-order valence-electron chi connectivity index (χ4n) is 4.77. The summed E-state index contributed by atoms with van der Waals surface area (Å²) in [6.07, 6.45) is 7.18. The van der Waals surface area contributed by atoms with Gasteiger partial charge in [0.1, 0.15) is 18.1 Å². The van der Waals surface area contributed by atoms with Crippen molar-refractivity contribution >= 4 is 11.5 Å². The number of hydrogen-bond donors (Lipinski definition) is 0. The Labute approximate surface area is 149 Å². The maximum absolute atomic E-state index is 12.0. The van der Waals surface area contributed by atoms with Crippen LogP contribution in [0.15, 0.2) is 48.1 Å². The molecule has 1 saturated carbocycles. The predicted octanol–water partition coefficient (Wildman–Crippen LogP) is 4.80. The summed E-state index contributed by atoms with van der Waals surface area (Å²) in [5.41, 5.74) is 5.00. The number of allylic oxidation sites excluding steroid dienone is 3. The zero-order chi connectivity index (χ0) is 17.6. The average molecular weight is 336 g/mol. The van der Waals surface area contributed by atoms with Crippen LogP contribution in [0.3, 0.4) is 0 Å². The molecule has 1 fully saturated rings. The molecule has 1 aromatic rings. The van der Waals surface area contributed by atoms with Gasteiger partial charge in [-0.25, -0.2) is 0 Å². The summed E-state index contributed by atoms with van der Waals surface area (Å²) in [6.45, 7) is 6.56. The van der Waals surface area contributed by atoms with Crippen molar-refractivity contribution in [1.29, 1.82) is 0 Å².